The highest BCUT2D eigenvalue weighted by atomic mass is 32.1. The zero-order valence-electron chi connectivity index (χ0n) is 7.77. The molecule has 0 radical (unpaired) electrons. The summed E-state index contributed by atoms with van der Waals surface area (Å²) in [6.07, 6.45) is 4.95. The van der Waals surface area contributed by atoms with Crippen molar-refractivity contribution >= 4 is 12.6 Å². The molecule has 1 atom stereocenters. The second kappa shape index (κ2) is 8.41. The fourth-order valence-corrected chi connectivity index (χ4v) is 1.03. The number of thiol groups is 1. The third-order valence-corrected chi connectivity index (χ3v) is 2.46. The Morgan fingerprint density at radius 2 is 2.00 bits per heavy atom. The van der Waals surface area contributed by atoms with Crippen molar-refractivity contribution in [3.63, 3.8) is 0 Å². The fraction of sp³-hybridized carbons (Fsp3) is 1.00. The van der Waals surface area contributed by atoms with Crippen LogP contribution < -0.4 is 5.32 Å². The van der Waals surface area contributed by atoms with Crippen molar-refractivity contribution in [1.82, 2.24) is 5.32 Å². The standard InChI is InChI=1S/C9H21NS/c1-3-5-7-10-8-6-9(11)4-2/h9-11H,3-8H2,1-2H3. The van der Waals surface area contributed by atoms with Gasteiger partial charge in [-0.3, -0.25) is 0 Å². The molecule has 1 N–H and O–H groups in total. The number of hydrogen-bond donors (Lipinski definition) is 2. The lowest BCUT2D eigenvalue weighted by Gasteiger charge is -2.07. The van der Waals surface area contributed by atoms with E-state index in [9.17, 15) is 0 Å². The van der Waals surface area contributed by atoms with E-state index in [1.54, 1.807) is 0 Å². The molecule has 68 valence electrons. The van der Waals surface area contributed by atoms with Gasteiger partial charge in [0.1, 0.15) is 0 Å². The first-order valence-corrected chi connectivity index (χ1v) is 5.21. The zero-order chi connectivity index (χ0) is 8.53. The molecule has 0 aromatic carbocycles. The highest BCUT2D eigenvalue weighted by Crippen LogP contribution is 2.03. The molecule has 11 heavy (non-hydrogen) atoms. The fourth-order valence-electron chi connectivity index (χ4n) is 0.900. The minimum Gasteiger partial charge on any atom is -0.317 e. The molecule has 0 aromatic heterocycles. The molecule has 0 saturated heterocycles. The monoisotopic (exact) mass is 175 g/mol. The Kier molecular flexibility index (Phi) is 8.64. The van der Waals surface area contributed by atoms with E-state index in [1.165, 1.54) is 32.2 Å². The van der Waals surface area contributed by atoms with Crippen molar-refractivity contribution in [2.45, 2.75) is 44.8 Å². The van der Waals surface area contributed by atoms with E-state index in [0.29, 0.717) is 5.25 Å². The molecule has 0 spiro atoms. The molecule has 0 aromatic rings. The molecule has 0 amide bonds. The number of unbranched alkanes of at least 4 members (excludes halogenated alkanes) is 1. The normalized spacial score (nSPS) is 13.4. The Morgan fingerprint density at radius 1 is 1.27 bits per heavy atom. The van der Waals surface area contributed by atoms with Gasteiger partial charge in [0.15, 0.2) is 0 Å². The van der Waals surface area contributed by atoms with Crippen LogP contribution >= 0.6 is 12.6 Å². The molecule has 2 heteroatoms. The summed E-state index contributed by atoms with van der Waals surface area (Å²) in [5.41, 5.74) is 0. The van der Waals surface area contributed by atoms with Crippen LogP contribution in [-0.4, -0.2) is 18.3 Å². The third kappa shape index (κ3) is 8.21. The molecule has 0 aliphatic heterocycles. The van der Waals surface area contributed by atoms with Crippen molar-refractivity contribution < 1.29 is 0 Å². The quantitative estimate of drug-likeness (QED) is 0.447. The minimum absolute atomic E-state index is 0.587. The largest absolute Gasteiger partial charge is 0.317 e. The summed E-state index contributed by atoms with van der Waals surface area (Å²) in [6.45, 7) is 6.70. The maximum Gasteiger partial charge on any atom is 0.00262 e. The van der Waals surface area contributed by atoms with Gasteiger partial charge in [-0.1, -0.05) is 20.3 Å². The molecule has 0 rings (SSSR count). The predicted molar refractivity (Wildman–Crippen MR) is 55.5 cm³/mol. The van der Waals surface area contributed by atoms with Crippen LogP contribution in [0.4, 0.5) is 0 Å². The van der Waals surface area contributed by atoms with Gasteiger partial charge < -0.3 is 5.32 Å². The summed E-state index contributed by atoms with van der Waals surface area (Å²) in [4.78, 5) is 0. The minimum atomic E-state index is 0.587. The molecule has 0 saturated carbocycles. The van der Waals surface area contributed by atoms with Crippen molar-refractivity contribution in [1.29, 1.82) is 0 Å². The van der Waals surface area contributed by atoms with E-state index in [4.69, 9.17) is 0 Å². The first-order chi connectivity index (χ1) is 5.31. The summed E-state index contributed by atoms with van der Waals surface area (Å²) < 4.78 is 0. The van der Waals surface area contributed by atoms with Crippen molar-refractivity contribution in [2.75, 3.05) is 13.1 Å². The Balaban J connectivity index is 2.89. The second-order valence-corrected chi connectivity index (χ2v) is 3.68. The van der Waals surface area contributed by atoms with Crippen LogP contribution in [0.2, 0.25) is 0 Å². The summed E-state index contributed by atoms with van der Waals surface area (Å²) in [7, 11) is 0. The highest BCUT2D eigenvalue weighted by molar-refractivity contribution is 7.80. The second-order valence-electron chi connectivity index (χ2n) is 2.95. The molecule has 0 aliphatic rings. The first kappa shape index (κ1) is 11.3. The van der Waals surface area contributed by atoms with Crippen molar-refractivity contribution in [3.05, 3.63) is 0 Å². The number of hydrogen-bond acceptors (Lipinski definition) is 2. The van der Waals surface area contributed by atoms with Crippen molar-refractivity contribution in [3.8, 4) is 0 Å². The molecule has 1 nitrogen and oxygen atoms in total. The molecule has 0 aliphatic carbocycles. The van der Waals surface area contributed by atoms with Gasteiger partial charge in [-0.15, -0.1) is 0 Å². The molecule has 0 bridgehead atoms. The van der Waals surface area contributed by atoms with Crippen molar-refractivity contribution in [2.24, 2.45) is 0 Å². The van der Waals surface area contributed by atoms with E-state index >= 15 is 0 Å². The molecular weight excluding hydrogens is 154 g/mol. The summed E-state index contributed by atoms with van der Waals surface area (Å²) in [6, 6.07) is 0. The lowest BCUT2D eigenvalue weighted by Crippen LogP contribution is -2.19. The number of rotatable bonds is 7. The third-order valence-electron chi connectivity index (χ3n) is 1.83. The maximum atomic E-state index is 4.42. The SMILES string of the molecule is CCCCNCCC(S)CC. The van der Waals surface area contributed by atoms with Crippen LogP contribution in [-0.2, 0) is 0 Å². The molecule has 0 heterocycles. The Hall–Kier alpha value is 0.310. The number of nitrogens with one attached hydrogen (secondary N) is 1. The average Bonchev–Trinajstić information content (AvgIpc) is 2.04. The van der Waals surface area contributed by atoms with Gasteiger partial charge in [0.05, 0.1) is 0 Å². The highest BCUT2D eigenvalue weighted by Gasteiger charge is 1.97. The molecular formula is C9H21NS. The lowest BCUT2D eigenvalue weighted by molar-refractivity contribution is 0.603. The maximum absolute atomic E-state index is 4.42. The molecule has 1 unspecified atom stereocenters. The zero-order valence-corrected chi connectivity index (χ0v) is 8.66. The van der Waals surface area contributed by atoms with Crippen LogP contribution in [0, 0.1) is 0 Å². The van der Waals surface area contributed by atoms with Gasteiger partial charge in [0, 0.05) is 5.25 Å². The van der Waals surface area contributed by atoms with Crippen LogP contribution in [0.3, 0.4) is 0 Å². The van der Waals surface area contributed by atoms with Crippen LogP contribution in [0.25, 0.3) is 0 Å². The van der Waals surface area contributed by atoms with E-state index in [1.807, 2.05) is 0 Å². The Labute approximate surface area is 76.4 Å². The van der Waals surface area contributed by atoms with Crippen LogP contribution in [0.5, 0.6) is 0 Å². The summed E-state index contributed by atoms with van der Waals surface area (Å²) >= 11 is 4.42. The topological polar surface area (TPSA) is 12.0 Å². The van der Waals surface area contributed by atoms with E-state index in [2.05, 4.69) is 31.8 Å². The van der Waals surface area contributed by atoms with Gasteiger partial charge in [0.25, 0.3) is 0 Å². The Bertz CT molecular complexity index is 76.0. The van der Waals surface area contributed by atoms with Crippen LogP contribution in [0.15, 0.2) is 0 Å². The molecule has 0 fully saturated rings. The van der Waals surface area contributed by atoms with E-state index in [-0.39, 0.29) is 0 Å². The smallest absolute Gasteiger partial charge is 0.00262 e. The van der Waals surface area contributed by atoms with Gasteiger partial charge >= 0.3 is 0 Å². The van der Waals surface area contributed by atoms with Gasteiger partial charge in [0.2, 0.25) is 0 Å². The average molecular weight is 175 g/mol. The van der Waals surface area contributed by atoms with Gasteiger partial charge in [-0.2, -0.15) is 12.6 Å². The van der Waals surface area contributed by atoms with Crippen LogP contribution in [0.1, 0.15) is 39.5 Å². The first-order valence-electron chi connectivity index (χ1n) is 4.70. The summed E-state index contributed by atoms with van der Waals surface area (Å²) in [5.74, 6) is 0. The summed E-state index contributed by atoms with van der Waals surface area (Å²) in [5, 5.41) is 3.99. The lowest BCUT2D eigenvalue weighted by atomic mass is 10.2. The van der Waals surface area contributed by atoms with Gasteiger partial charge in [-0.05, 0) is 32.4 Å². The van der Waals surface area contributed by atoms with E-state index in [0.717, 1.165) is 6.54 Å². The predicted octanol–water partition coefficient (Wildman–Crippen LogP) is 2.47. The van der Waals surface area contributed by atoms with Gasteiger partial charge in [-0.25, -0.2) is 0 Å². The Morgan fingerprint density at radius 3 is 2.55 bits per heavy atom. The van der Waals surface area contributed by atoms with E-state index < -0.39 is 0 Å².